The first-order valence-corrected chi connectivity index (χ1v) is 5.61. The number of allylic oxidation sites excluding steroid dienone is 1. The average molecular weight is 228 g/mol. The molecule has 0 aliphatic heterocycles. The fourth-order valence-electron chi connectivity index (χ4n) is 1.58. The van der Waals surface area contributed by atoms with Crippen LogP contribution in [0.5, 0.6) is 0 Å². The molecular weight excluding hydrogens is 208 g/mol. The first kappa shape index (κ1) is 13.1. The smallest absolute Gasteiger partial charge is 0.0386 e. The van der Waals surface area contributed by atoms with Gasteiger partial charge in [0, 0.05) is 31.0 Å². The molecule has 90 valence electrons. The van der Waals surface area contributed by atoms with Crippen molar-refractivity contribution in [2.24, 2.45) is 0 Å². The fourth-order valence-corrected chi connectivity index (χ4v) is 1.58. The van der Waals surface area contributed by atoms with Gasteiger partial charge in [-0.2, -0.15) is 0 Å². The molecule has 0 atom stereocenters. The molecule has 1 aromatic carbocycles. The van der Waals surface area contributed by atoms with Crippen molar-refractivity contribution in [2.45, 2.75) is 6.92 Å². The molecule has 0 heterocycles. The molecule has 1 N–H and O–H groups in total. The van der Waals surface area contributed by atoms with E-state index in [4.69, 9.17) is 0 Å². The zero-order chi connectivity index (χ0) is 12.8. The quantitative estimate of drug-likeness (QED) is 0.824. The molecule has 0 unspecified atom stereocenters. The van der Waals surface area contributed by atoms with Crippen molar-refractivity contribution in [3.8, 4) is 0 Å². The van der Waals surface area contributed by atoms with Gasteiger partial charge in [0.05, 0.1) is 0 Å². The minimum absolute atomic E-state index is 0.991. The molecule has 0 radical (unpaired) electrons. The van der Waals surface area contributed by atoms with Gasteiger partial charge in [0.25, 0.3) is 0 Å². The highest BCUT2D eigenvalue weighted by Crippen LogP contribution is 2.24. The maximum atomic E-state index is 4.11. The summed E-state index contributed by atoms with van der Waals surface area (Å²) in [5, 5.41) is 3.09. The van der Waals surface area contributed by atoms with Gasteiger partial charge in [0.15, 0.2) is 0 Å². The molecule has 17 heavy (non-hydrogen) atoms. The van der Waals surface area contributed by atoms with Gasteiger partial charge in [-0.25, -0.2) is 0 Å². The summed E-state index contributed by atoms with van der Waals surface area (Å²) in [7, 11) is 3.99. The zero-order valence-electron chi connectivity index (χ0n) is 10.8. The SMILES string of the molecule is C=CNc1ccc(/C=C/C)c(C(=C)N(C)C)c1. The van der Waals surface area contributed by atoms with Crippen LogP contribution < -0.4 is 5.32 Å². The van der Waals surface area contributed by atoms with E-state index in [1.165, 1.54) is 5.56 Å². The Kier molecular flexibility index (Phi) is 4.58. The van der Waals surface area contributed by atoms with E-state index < -0.39 is 0 Å². The van der Waals surface area contributed by atoms with Gasteiger partial charge in [-0.3, -0.25) is 0 Å². The predicted molar refractivity (Wildman–Crippen MR) is 77.7 cm³/mol. The highest BCUT2D eigenvalue weighted by atomic mass is 15.1. The van der Waals surface area contributed by atoms with Gasteiger partial charge in [-0.1, -0.05) is 31.4 Å². The zero-order valence-corrected chi connectivity index (χ0v) is 10.8. The Morgan fingerprint density at radius 2 is 2.06 bits per heavy atom. The second-order valence-corrected chi connectivity index (χ2v) is 3.99. The van der Waals surface area contributed by atoms with E-state index in [1.54, 1.807) is 6.20 Å². The highest BCUT2D eigenvalue weighted by Gasteiger charge is 2.06. The molecule has 0 spiro atoms. The molecule has 0 aliphatic rings. The maximum Gasteiger partial charge on any atom is 0.0386 e. The van der Waals surface area contributed by atoms with Crippen molar-refractivity contribution in [3.05, 3.63) is 54.8 Å². The lowest BCUT2D eigenvalue weighted by Gasteiger charge is -2.19. The summed E-state index contributed by atoms with van der Waals surface area (Å²) < 4.78 is 0. The summed E-state index contributed by atoms with van der Waals surface area (Å²) in [5.74, 6) is 0. The lowest BCUT2D eigenvalue weighted by molar-refractivity contribution is 0.593. The van der Waals surface area contributed by atoms with E-state index in [0.717, 1.165) is 16.9 Å². The molecular formula is C15H20N2. The monoisotopic (exact) mass is 228 g/mol. The largest absolute Gasteiger partial charge is 0.378 e. The van der Waals surface area contributed by atoms with Crippen LogP contribution in [0.1, 0.15) is 18.1 Å². The number of rotatable bonds is 5. The third-order valence-corrected chi connectivity index (χ3v) is 2.52. The van der Waals surface area contributed by atoms with Crippen LogP contribution in [0.2, 0.25) is 0 Å². The van der Waals surface area contributed by atoms with Gasteiger partial charge in [-0.05, 0) is 30.8 Å². The lowest BCUT2D eigenvalue weighted by atomic mass is 10.0. The van der Waals surface area contributed by atoms with Crippen molar-refractivity contribution in [1.29, 1.82) is 0 Å². The van der Waals surface area contributed by atoms with Crippen LogP contribution in [0.25, 0.3) is 11.8 Å². The topological polar surface area (TPSA) is 15.3 Å². The molecule has 0 saturated carbocycles. The van der Waals surface area contributed by atoms with Crippen LogP contribution in [0.15, 0.2) is 43.6 Å². The predicted octanol–water partition coefficient (Wildman–Crippen LogP) is 3.81. The Morgan fingerprint density at radius 3 is 2.59 bits per heavy atom. The van der Waals surface area contributed by atoms with Gasteiger partial charge >= 0.3 is 0 Å². The average Bonchev–Trinajstić information content (AvgIpc) is 2.30. The Hall–Kier alpha value is -1.96. The maximum absolute atomic E-state index is 4.11. The summed E-state index contributed by atoms with van der Waals surface area (Å²) in [5.41, 5.74) is 4.30. The Labute approximate surface area is 104 Å². The third kappa shape index (κ3) is 3.25. The van der Waals surface area contributed by atoms with Gasteiger partial charge in [0.1, 0.15) is 0 Å². The number of nitrogens with zero attached hydrogens (tertiary/aromatic N) is 1. The van der Waals surface area contributed by atoms with Crippen molar-refractivity contribution in [2.75, 3.05) is 19.4 Å². The molecule has 1 aromatic rings. The molecule has 1 rings (SSSR count). The number of anilines is 1. The minimum Gasteiger partial charge on any atom is -0.378 e. The van der Waals surface area contributed by atoms with Gasteiger partial charge < -0.3 is 10.2 Å². The third-order valence-electron chi connectivity index (χ3n) is 2.52. The van der Waals surface area contributed by atoms with Crippen LogP contribution in [-0.4, -0.2) is 19.0 Å². The van der Waals surface area contributed by atoms with Crippen LogP contribution in [0.3, 0.4) is 0 Å². The van der Waals surface area contributed by atoms with E-state index in [9.17, 15) is 0 Å². The van der Waals surface area contributed by atoms with E-state index in [1.807, 2.05) is 38.1 Å². The fraction of sp³-hybridized carbons (Fsp3) is 0.200. The van der Waals surface area contributed by atoms with Gasteiger partial charge in [0.2, 0.25) is 0 Å². The normalized spacial score (nSPS) is 10.3. The van der Waals surface area contributed by atoms with Crippen molar-refractivity contribution in [3.63, 3.8) is 0 Å². The van der Waals surface area contributed by atoms with Crippen LogP contribution in [0, 0.1) is 0 Å². The number of benzene rings is 1. The second-order valence-electron chi connectivity index (χ2n) is 3.99. The molecule has 0 amide bonds. The number of hydrogen-bond donors (Lipinski definition) is 1. The summed E-state index contributed by atoms with van der Waals surface area (Å²) >= 11 is 0. The Bertz CT molecular complexity index is 442. The molecule has 0 bridgehead atoms. The first-order valence-electron chi connectivity index (χ1n) is 5.61. The van der Waals surface area contributed by atoms with Crippen molar-refractivity contribution >= 4 is 17.5 Å². The molecule has 0 saturated heterocycles. The van der Waals surface area contributed by atoms with Gasteiger partial charge in [-0.15, -0.1) is 0 Å². The molecule has 0 aliphatic carbocycles. The summed E-state index contributed by atoms with van der Waals surface area (Å²) in [6.45, 7) is 9.79. The van der Waals surface area contributed by atoms with Crippen LogP contribution in [0.4, 0.5) is 5.69 Å². The van der Waals surface area contributed by atoms with Crippen molar-refractivity contribution in [1.82, 2.24) is 4.90 Å². The minimum atomic E-state index is 0.991. The van der Waals surface area contributed by atoms with E-state index >= 15 is 0 Å². The van der Waals surface area contributed by atoms with Crippen molar-refractivity contribution < 1.29 is 0 Å². The Balaban J connectivity index is 3.24. The first-order chi connectivity index (χ1) is 8.10. The molecule has 2 heteroatoms. The molecule has 2 nitrogen and oxygen atoms in total. The van der Waals surface area contributed by atoms with Crippen LogP contribution >= 0.6 is 0 Å². The van der Waals surface area contributed by atoms with E-state index in [0.29, 0.717) is 0 Å². The lowest BCUT2D eigenvalue weighted by Crippen LogP contribution is -2.10. The molecule has 0 fully saturated rings. The number of hydrogen-bond acceptors (Lipinski definition) is 2. The highest BCUT2D eigenvalue weighted by molar-refractivity contribution is 5.75. The summed E-state index contributed by atoms with van der Waals surface area (Å²) in [6, 6.07) is 6.19. The summed E-state index contributed by atoms with van der Waals surface area (Å²) in [6.07, 6.45) is 5.79. The second kappa shape index (κ2) is 5.94. The number of nitrogens with one attached hydrogen (secondary N) is 1. The standard InChI is InChI=1S/C15H20N2/c1-6-8-13-9-10-14(16-7-2)11-15(13)12(3)17(4)5/h6-11,16H,2-3H2,1,4-5H3/b8-6+. The van der Waals surface area contributed by atoms with Crippen LogP contribution in [-0.2, 0) is 0 Å². The van der Waals surface area contributed by atoms with E-state index in [2.05, 4.69) is 36.7 Å². The van der Waals surface area contributed by atoms with E-state index in [-0.39, 0.29) is 0 Å². The molecule has 0 aromatic heterocycles. The Morgan fingerprint density at radius 1 is 1.35 bits per heavy atom. The summed E-state index contributed by atoms with van der Waals surface area (Å²) in [4.78, 5) is 2.01.